The Balaban J connectivity index is 2.46. The summed E-state index contributed by atoms with van der Waals surface area (Å²) in [6.07, 6.45) is 0. The van der Waals surface area contributed by atoms with E-state index in [0.717, 1.165) is 0 Å². The fraction of sp³-hybridized carbons (Fsp3) is 0.417. The molecule has 0 bridgehead atoms. The van der Waals surface area contributed by atoms with Crippen molar-refractivity contribution in [2.75, 3.05) is 25.6 Å². The van der Waals surface area contributed by atoms with Gasteiger partial charge in [-0.1, -0.05) is 12.1 Å². The summed E-state index contributed by atoms with van der Waals surface area (Å²) in [5.74, 6) is -0.561. The minimum atomic E-state index is -0.497. The van der Waals surface area contributed by atoms with E-state index in [1.165, 1.54) is 6.07 Å². The van der Waals surface area contributed by atoms with Gasteiger partial charge in [-0.05, 0) is 19.1 Å². The Kier molecular flexibility index (Phi) is 5.42. The maximum absolute atomic E-state index is 13.3. The summed E-state index contributed by atoms with van der Waals surface area (Å²) in [6.45, 7) is 2.57. The SMILES string of the molecule is COCCNC(=O)C(C)Nc1ccccc1F. The van der Waals surface area contributed by atoms with Crippen LogP contribution in [0.2, 0.25) is 0 Å². The van der Waals surface area contributed by atoms with Crippen molar-refractivity contribution in [3.8, 4) is 0 Å². The average Bonchev–Trinajstić information content (AvgIpc) is 2.32. The lowest BCUT2D eigenvalue weighted by molar-refractivity contribution is -0.121. The van der Waals surface area contributed by atoms with Crippen molar-refractivity contribution in [2.45, 2.75) is 13.0 Å². The molecule has 0 heterocycles. The van der Waals surface area contributed by atoms with E-state index in [9.17, 15) is 9.18 Å². The molecular weight excluding hydrogens is 223 g/mol. The number of rotatable bonds is 6. The van der Waals surface area contributed by atoms with Crippen LogP contribution in [0.5, 0.6) is 0 Å². The maximum Gasteiger partial charge on any atom is 0.242 e. The summed E-state index contributed by atoms with van der Waals surface area (Å²) in [4.78, 5) is 11.6. The minimum absolute atomic E-state index is 0.190. The summed E-state index contributed by atoms with van der Waals surface area (Å²) in [5.41, 5.74) is 0.321. The van der Waals surface area contributed by atoms with Crippen LogP contribution in [-0.2, 0) is 9.53 Å². The van der Waals surface area contributed by atoms with Crippen molar-refractivity contribution in [3.63, 3.8) is 0 Å². The van der Waals surface area contributed by atoms with Gasteiger partial charge in [-0.25, -0.2) is 4.39 Å². The number of carbonyl (C=O) groups is 1. The molecule has 0 aliphatic heterocycles. The van der Waals surface area contributed by atoms with E-state index in [2.05, 4.69) is 10.6 Å². The smallest absolute Gasteiger partial charge is 0.242 e. The van der Waals surface area contributed by atoms with Crippen LogP contribution in [0.25, 0.3) is 0 Å². The van der Waals surface area contributed by atoms with Crippen LogP contribution in [0, 0.1) is 5.82 Å². The van der Waals surface area contributed by atoms with Gasteiger partial charge in [0.25, 0.3) is 0 Å². The van der Waals surface area contributed by atoms with Crippen LogP contribution in [0.15, 0.2) is 24.3 Å². The molecule has 94 valence electrons. The monoisotopic (exact) mass is 240 g/mol. The van der Waals surface area contributed by atoms with E-state index in [1.54, 1.807) is 32.2 Å². The van der Waals surface area contributed by atoms with Crippen molar-refractivity contribution in [3.05, 3.63) is 30.1 Å². The second-order valence-electron chi connectivity index (χ2n) is 3.63. The molecular formula is C12H17FN2O2. The molecule has 5 heteroatoms. The van der Waals surface area contributed by atoms with Gasteiger partial charge in [-0.15, -0.1) is 0 Å². The first kappa shape index (κ1) is 13.4. The molecule has 0 aromatic heterocycles. The number of carbonyl (C=O) groups excluding carboxylic acids is 1. The highest BCUT2D eigenvalue weighted by atomic mass is 19.1. The fourth-order valence-electron chi connectivity index (χ4n) is 1.31. The molecule has 0 radical (unpaired) electrons. The van der Waals surface area contributed by atoms with Gasteiger partial charge in [-0.2, -0.15) is 0 Å². The van der Waals surface area contributed by atoms with Crippen molar-refractivity contribution in [1.29, 1.82) is 0 Å². The molecule has 4 nitrogen and oxygen atoms in total. The van der Waals surface area contributed by atoms with Gasteiger partial charge in [-0.3, -0.25) is 4.79 Å². The van der Waals surface area contributed by atoms with Gasteiger partial charge >= 0.3 is 0 Å². The number of nitrogens with one attached hydrogen (secondary N) is 2. The minimum Gasteiger partial charge on any atom is -0.383 e. The lowest BCUT2D eigenvalue weighted by atomic mass is 10.2. The summed E-state index contributed by atoms with van der Waals surface area (Å²) in [6, 6.07) is 5.75. The number of benzene rings is 1. The Morgan fingerprint density at radius 1 is 1.47 bits per heavy atom. The second kappa shape index (κ2) is 6.85. The molecule has 2 N–H and O–H groups in total. The summed E-state index contributed by atoms with van der Waals surface area (Å²) in [7, 11) is 1.56. The van der Waals surface area contributed by atoms with Crippen molar-refractivity contribution in [2.24, 2.45) is 0 Å². The van der Waals surface area contributed by atoms with Gasteiger partial charge < -0.3 is 15.4 Å². The van der Waals surface area contributed by atoms with Crippen molar-refractivity contribution < 1.29 is 13.9 Å². The van der Waals surface area contributed by atoms with Crippen LogP contribution in [0.1, 0.15) is 6.92 Å². The van der Waals surface area contributed by atoms with Crippen LogP contribution >= 0.6 is 0 Å². The molecule has 0 saturated carbocycles. The molecule has 1 atom stereocenters. The molecule has 17 heavy (non-hydrogen) atoms. The van der Waals surface area contributed by atoms with E-state index in [4.69, 9.17) is 4.74 Å². The Labute approximate surface area is 100 Å². The number of hydrogen-bond donors (Lipinski definition) is 2. The van der Waals surface area contributed by atoms with Gasteiger partial charge in [0.1, 0.15) is 11.9 Å². The third kappa shape index (κ3) is 4.40. The standard InChI is InChI=1S/C12H17FN2O2/c1-9(12(16)14-7-8-17-2)15-11-6-4-3-5-10(11)13/h3-6,9,15H,7-8H2,1-2H3,(H,14,16). The number of para-hydroxylation sites is 1. The zero-order valence-corrected chi connectivity index (χ0v) is 10.00. The van der Waals surface area contributed by atoms with Crippen LogP contribution < -0.4 is 10.6 Å². The molecule has 1 aromatic carbocycles. The molecule has 0 fully saturated rings. The van der Waals surface area contributed by atoms with E-state index in [-0.39, 0.29) is 11.7 Å². The van der Waals surface area contributed by atoms with E-state index >= 15 is 0 Å². The Hall–Kier alpha value is -1.62. The van der Waals surface area contributed by atoms with Crippen LogP contribution in [-0.4, -0.2) is 32.2 Å². The zero-order chi connectivity index (χ0) is 12.7. The Bertz CT molecular complexity index is 371. The molecule has 1 aromatic rings. The summed E-state index contributed by atoms with van der Waals surface area (Å²) >= 11 is 0. The van der Waals surface area contributed by atoms with E-state index in [1.807, 2.05) is 0 Å². The van der Waals surface area contributed by atoms with Gasteiger partial charge in [0.15, 0.2) is 0 Å². The maximum atomic E-state index is 13.3. The first-order chi connectivity index (χ1) is 8.15. The largest absolute Gasteiger partial charge is 0.383 e. The number of anilines is 1. The molecule has 0 aliphatic rings. The van der Waals surface area contributed by atoms with Gasteiger partial charge in [0.2, 0.25) is 5.91 Å². The number of methoxy groups -OCH3 is 1. The first-order valence-corrected chi connectivity index (χ1v) is 5.43. The second-order valence-corrected chi connectivity index (χ2v) is 3.63. The van der Waals surface area contributed by atoms with E-state index < -0.39 is 6.04 Å². The van der Waals surface area contributed by atoms with Gasteiger partial charge in [0, 0.05) is 13.7 Å². The normalized spacial score (nSPS) is 11.9. The quantitative estimate of drug-likeness (QED) is 0.739. The predicted molar refractivity (Wildman–Crippen MR) is 64.4 cm³/mol. The predicted octanol–water partition coefficient (Wildman–Crippen LogP) is 1.39. The summed E-state index contributed by atoms with van der Waals surface area (Å²) < 4.78 is 18.1. The van der Waals surface area contributed by atoms with Gasteiger partial charge in [0.05, 0.1) is 12.3 Å². The third-order valence-corrected chi connectivity index (χ3v) is 2.24. The zero-order valence-electron chi connectivity index (χ0n) is 10.00. The number of amides is 1. The topological polar surface area (TPSA) is 50.4 Å². The molecule has 1 unspecified atom stereocenters. The van der Waals surface area contributed by atoms with Crippen molar-refractivity contribution >= 4 is 11.6 Å². The molecule has 1 rings (SSSR count). The summed E-state index contributed by atoms with van der Waals surface area (Å²) in [5, 5.41) is 5.48. The molecule has 0 spiro atoms. The Morgan fingerprint density at radius 2 is 2.18 bits per heavy atom. The number of hydrogen-bond acceptors (Lipinski definition) is 3. The fourth-order valence-corrected chi connectivity index (χ4v) is 1.31. The number of ether oxygens (including phenoxy) is 1. The Morgan fingerprint density at radius 3 is 2.82 bits per heavy atom. The highest BCUT2D eigenvalue weighted by molar-refractivity contribution is 5.84. The first-order valence-electron chi connectivity index (χ1n) is 5.43. The molecule has 0 saturated heterocycles. The third-order valence-electron chi connectivity index (χ3n) is 2.24. The van der Waals surface area contributed by atoms with Crippen LogP contribution in [0.4, 0.5) is 10.1 Å². The lowest BCUT2D eigenvalue weighted by Crippen LogP contribution is -2.39. The molecule has 0 aliphatic carbocycles. The highest BCUT2D eigenvalue weighted by Crippen LogP contribution is 2.13. The van der Waals surface area contributed by atoms with Crippen LogP contribution in [0.3, 0.4) is 0 Å². The molecule has 1 amide bonds. The van der Waals surface area contributed by atoms with E-state index in [0.29, 0.717) is 18.8 Å². The average molecular weight is 240 g/mol. The van der Waals surface area contributed by atoms with Crippen molar-refractivity contribution in [1.82, 2.24) is 5.32 Å². The lowest BCUT2D eigenvalue weighted by Gasteiger charge is -2.15. The number of halogens is 1. The highest BCUT2D eigenvalue weighted by Gasteiger charge is 2.13.